The minimum absolute atomic E-state index is 0.00256. The molecule has 1 saturated heterocycles. The van der Waals surface area contributed by atoms with Crippen LogP contribution in [0.4, 0.5) is 11.4 Å². The van der Waals surface area contributed by atoms with Crippen molar-refractivity contribution in [2.45, 2.75) is 0 Å². The highest BCUT2D eigenvalue weighted by molar-refractivity contribution is 9.09. The molecule has 1 aromatic rings. The van der Waals surface area contributed by atoms with Crippen molar-refractivity contribution in [2.24, 2.45) is 0 Å². The van der Waals surface area contributed by atoms with Crippen molar-refractivity contribution in [1.82, 2.24) is 9.88 Å². The summed E-state index contributed by atoms with van der Waals surface area (Å²) in [6.45, 7) is 2.32. The van der Waals surface area contributed by atoms with Crippen LogP contribution in [0.5, 0.6) is 0 Å². The average Bonchev–Trinajstić information content (AvgIpc) is 2.46. The van der Waals surface area contributed by atoms with Gasteiger partial charge in [-0.25, -0.2) is 0 Å². The summed E-state index contributed by atoms with van der Waals surface area (Å²) in [6.07, 6.45) is 2.80. The maximum Gasteiger partial charge on any atom is 0.310 e. The van der Waals surface area contributed by atoms with E-state index in [1.807, 2.05) is 4.90 Å². The normalized spacial score (nSPS) is 15.4. The van der Waals surface area contributed by atoms with Crippen molar-refractivity contribution >= 4 is 33.2 Å². The molecule has 7 nitrogen and oxygen atoms in total. The number of halogens is 1. The fourth-order valence-electron chi connectivity index (χ4n) is 2.07. The molecular weight excluding hydrogens is 316 g/mol. The van der Waals surface area contributed by atoms with Gasteiger partial charge in [0.15, 0.2) is 0 Å². The van der Waals surface area contributed by atoms with Crippen LogP contribution in [-0.4, -0.2) is 52.2 Å². The first-order chi connectivity index (χ1) is 9.13. The van der Waals surface area contributed by atoms with E-state index in [9.17, 15) is 14.9 Å². The summed E-state index contributed by atoms with van der Waals surface area (Å²) in [5.41, 5.74) is 0.564. The molecule has 0 unspecified atom stereocenters. The Labute approximate surface area is 118 Å². The molecule has 102 valence electrons. The quantitative estimate of drug-likeness (QED) is 0.470. The number of pyridine rings is 1. The number of carbonyl (C=O) groups is 1. The SMILES string of the molecule is O=C(CBr)N1CCN(c2ccncc2[N+](=O)[O-])CC1. The number of nitro groups is 1. The van der Waals surface area contributed by atoms with Crippen LogP contribution >= 0.6 is 15.9 Å². The molecule has 1 amide bonds. The summed E-state index contributed by atoms with van der Waals surface area (Å²) in [4.78, 5) is 29.5. The maximum atomic E-state index is 11.5. The number of nitrogens with zero attached hydrogens (tertiary/aromatic N) is 4. The Hall–Kier alpha value is -1.70. The predicted octanol–water partition coefficient (Wildman–Crippen LogP) is 1.03. The highest BCUT2D eigenvalue weighted by Gasteiger charge is 2.25. The summed E-state index contributed by atoms with van der Waals surface area (Å²) in [6, 6.07) is 1.64. The number of anilines is 1. The maximum absolute atomic E-state index is 11.5. The average molecular weight is 329 g/mol. The highest BCUT2D eigenvalue weighted by atomic mass is 79.9. The summed E-state index contributed by atoms with van der Waals surface area (Å²) < 4.78 is 0. The first kappa shape index (κ1) is 13.7. The van der Waals surface area contributed by atoms with Gasteiger partial charge in [-0.3, -0.25) is 19.9 Å². The van der Waals surface area contributed by atoms with Crippen molar-refractivity contribution in [2.75, 3.05) is 36.4 Å². The van der Waals surface area contributed by atoms with Crippen molar-refractivity contribution in [3.8, 4) is 0 Å². The number of hydrogen-bond donors (Lipinski definition) is 0. The van der Waals surface area contributed by atoms with E-state index >= 15 is 0 Å². The van der Waals surface area contributed by atoms with Crippen LogP contribution in [-0.2, 0) is 4.79 Å². The Morgan fingerprint density at radius 1 is 1.42 bits per heavy atom. The van der Waals surface area contributed by atoms with Gasteiger partial charge in [-0.1, -0.05) is 15.9 Å². The molecule has 2 heterocycles. The standard InChI is InChI=1S/C11H13BrN4O3/c12-7-11(17)15-5-3-14(4-6-15)9-1-2-13-8-10(9)16(18)19/h1-2,8H,3-7H2. The number of alkyl halides is 1. The minimum atomic E-state index is -0.432. The molecule has 1 fully saturated rings. The van der Waals surface area contributed by atoms with Gasteiger partial charge >= 0.3 is 5.69 Å². The smallest absolute Gasteiger partial charge is 0.310 e. The van der Waals surface area contributed by atoms with Crippen LogP contribution in [0.25, 0.3) is 0 Å². The molecule has 2 rings (SSSR count). The summed E-state index contributed by atoms with van der Waals surface area (Å²) in [7, 11) is 0. The minimum Gasteiger partial charge on any atom is -0.362 e. The molecule has 0 aromatic carbocycles. The summed E-state index contributed by atoms with van der Waals surface area (Å²) >= 11 is 3.14. The lowest BCUT2D eigenvalue weighted by Crippen LogP contribution is -2.49. The van der Waals surface area contributed by atoms with Crippen molar-refractivity contribution in [1.29, 1.82) is 0 Å². The van der Waals surface area contributed by atoms with Gasteiger partial charge in [0.25, 0.3) is 0 Å². The molecule has 1 aliphatic heterocycles. The summed E-state index contributed by atoms with van der Waals surface area (Å²) in [5.74, 6) is 0.0453. The fraction of sp³-hybridized carbons (Fsp3) is 0.455. The number of amides is 1. The molecule has 0 atom stereocenters. The molecule has 0 radical (unpaired) electrons. The Kier molecular flexibility index (Phi) is 4.31. The van der Waals surface area contributed by atoms with Crippen molar-refractivity contribution in [3.05, 3.63) is 28.6 Å². The zero-order valence-corrected chi connectivity index (χ0v) is 11.7. The van der Waals surface area contributed by atoms with Crippen LogP contribution in [0.3, 0.4) is 0 Å². The van der Waals surface area contributed by atoms with Gasteiger partial charge in [-0.15, -0.1) is 0 Å². The van der Waals surface area contributed by atoms with Crippen molar-refractivity contribution in [3.63, 3.8) is 0 Å². The topological polar surface area (TPSA) is 79.6 Å². The lowest BCUT2D eigenvalue weighted by atomic mass is 10.2. The van der Waals surface area contributed by atoms with Crippen LogP contribution in [0.15, 0.2) is 18.5 Å². The molecule has 19 heavy (non-hydrogen) atoms. The third kappa shape index (κ3) is 3.01. The van der Waals surface area contributed by atoms with Gasteiger partial charge in [-0.2, -0.15) is 0 Å². The lowest BCUT2D eigenvalue weighted by Gasteiger charge is -2.35. The van der Waals surface area contributed by atoms with E-state index in [4.69, 9.17) is 0 Å². The monoisotopic (exact) mass is 328 g/mol. The number of piperazine rings is 1. The van der Waals surface area contributed by atoms with Gasteiger partial charge in [0, 0.05) is 32.4 Å². The van der Waals surface area contributed by atoms with E-state index in [1.54, 1.807) is 17.2 Å². The van der Waals surface area contributed by atoms with Crippen molar-refractivity contribution < 1.29 is 9.72 Å². The number of hydrogen-bond acceptors (Lipinski definition) is 5. The van der Waals surface area contributed by atoms with Crippen LogP contribution in [0.1, 0.15) is 0 Å². The van der Waals surface area contributed by atoms with E-state index in [0.29, 0.717) is 37.2 Å². The molecule has 0 saturated carbocycles. The van der Waals surface area contributed by atoms with Gasteiger partial charge in [0.05, 0.1) is 10.3 Å². The Morgan fingerprint density at radius 2 is 2.11 bits per heavy atom. The van der Waals surface area contributed by atoms with Crippen LogP contribution in [0.2, 0.25) is 0 Å². The van der Waals surface area contributed by atoms with E-state index in [0.717, 1.165) is 0 Å². The van der Waals surface area contributed by atoms with E-state index in [2.05, 4.69) is 20.9 Å². The van der Waals surface area contributed by atoms with E-state index < -0.39 is 4.92 Å². The summed E-state index contributed by atoms with van der Waals surface area (Å²) in [5, 5.41) is 11.3. The molecule has 1 aromatic heterocycles. The zero-order chi connectivity index (χ0) is 13.8. The third-order valence-corrected chi connectivity index (χ3v) is 3.54. The van der Waals surface area contributed by atoms with E-state index in [1.165, 1.54) is 6.20 Å². The number of rotatable bonds is 3. The predicted molar refractivity (Wildman–Crippen MR) is 73.5 cm³/mol. The van der Waals surface area contributed by atoms with Crippen LogP contribution < -0.4 is 4.90 Å². The second-order valence-electron chi connectivity index (χ2n) is 4.12. The van der Waals surface area contributed by atoms with Gasteiger partial charge < -0.3 is 9.80 Å². The number of aromatic nitrogens is 1. The number of carbonyl (C=O) groups excluding carboxylic acids is 1. The Morgan fingerprint density at radius 3 is 2.68 bits per heavy atom. The Balaban J connectivity index is 2.10. The highest BCUT2D eigenvalue weighted by Crippen LogP contribution is 2.27. The molecular formula is C11H13BrN4O3. The molecule has 0 aliphatic carbocycles. The molecule has 0 N–H and O–H groups in total. The Bertz CT molecular complexity index is 489. The first-order valence-electron chi connectivity index (χ1n) is 5.80. The third-order valence-electron chi connectivity index (χ3n) is 3.06. The first-order valence-corrected chi connectivity index (χ1v) is 6.92. The fourth-order valence-corrected chi connectivity index (χ4v) is 2.42. The van der Waals surface area contributed by atoms with Crippen LogP contribution in [0, 0.1) is 10.1 Å². The largest absolute Gasteiger partial charge is 0.362 e. The van der Waals surface area contributed by atoms with Gasteiger partial charge in [-0.05, 0) is 6.07 Å². The second kappa shape index (κ2) is 5.96. The molecule has 0 bridgehead atoms. The molecule has 8 heteroatoms. The van der Waals surface area contributed by atoms with E-state index in [-0.39, 0.29) is 11.6 Å². The lowest BCUT2D eigenvalue weighted by molar-refractivity contribution is -0.384. The zero-order valence-electron chi connectivity index (χ0n) is 10.2. The van der Waals surface area contributed by atoms with Gasteiger partial charge in [0.2, 0.25) is 5.91 Å². The second-order valence-corrected chi connectivity index (χ2v) is 4.68. The van der Waals surface area contributed by atoms with Gasteiger partial charge in [0.1, 0.15) is 11.9 Å². The molecule has 0 spiro atoms. The molecule has 1 aliphatic rings.